The molecule has 0 aromatic heterocycles. The van der Waals surface area contributed by atoms with Crippen LogP contribution in [0.15, 0.2) is 0 Å². The molecule has 2 atom stereocenters. The van der Waals surface area contributed by atoms with E-state index in [0.29, 0.717) is 0 Å². The van der Waals surface area contributed by atoms with Gasteiger partial charge in [0.15, 0.2) is 0 Å². The molecule has 0 spiro atoms. The third-order valence-corrected chi connectivity index (χ3v) is 11.3. The van der Waals surface area contributed by atoms with Crippen LogP contribution in [0.2, 0.25) is 0 Å². The van der Waals surface area contributed by atoms with Gasteiger partial charge in [-0.1, -0.05) is 232 Å². The van der Waals surface area contributed by atoms with Crippen molar-refractivity contribution in [3.8, 4) is 0 Å². The number of nitrogens with one attached hydrogen (secondary N) is 1. The first-order valence-electron chi connectivity index (χ1n) is 22.2. The minimum atomic E-state index is 0. The Morgan fingerprint density at radius 3 is 0.913 bits per heavy atom. The minimum Gasteiger partial charge on any atom is -1.00 e. The van der Waals surface area contributed by atoms with Crippen molar-refractivity contribution in [2.75, 3.05) is 19.6 Å². The van der Waals surface area contributed by atoms with Crippen molar-refractivity contribution in [1.82, 2.24) is 0 Å². The lowest BCUT2D eigenvalue weighted by Gasteiger charge is -2.13. The molecule has 1 heterocycles. The van der Waals surface area contributed by atoms with Crippen molar-refractivity contribution >= 4 is 0 Å². The molecule has 1 nitrogen and oxygen atoms in total. The highest BCUT2D eigenvalue weighted by molar-refractivity contribution is 4.63. The predicted molar refractivity (Wildman–Crippen MR) is 206 cm³/mol. The second kappa shape index (κ2) is 39.9. The molecule has 0 bridgehead atoms. The number of likely N-dealkylation sites (tertiary alicyclic amines) is 1. The molecule has 0 aromatic rings. The Hall–Kier alpha value is 0.440. The summed E-state index contributed by atoms with van der Waals surface area (Å²) in [5.74, 6) is 1.05. The number of hydrogen-bond donors (Lipinski definition) is 1. The highest BCUT2D eigenvalue weighted by atomic mass is 79.9. The maximum absolute atomic E-state index is 2.31. The second-order valence-electron chi connectivity index (χ2n) is 15.9. The van der Waals surface area contributed by atoms with Gasteiger partial charge in [-0.2, -0.15) is 0 Å². The second-order valence-corrected chi connectivity index (χ2v) is 15.9. The highest BCUT2D eigenvalue weighted by Crippen LogP contribution is 2.18. The van der Waals surface area contributed by atoms with E-state index >= 15 is 0 Å². The fourth-order valence-electron chi connectivity index (χ4n) is 8.11. The molecular formula is C44H90BrN. The van der Waals surface area contributed by atoms with Crippen LogP contribution in [-0.4, -0.2) is 19.6 Å². The van der Waals surface area contributed by atoms with Crippen LogP contribution < -0.4 is 21.9 Å². The van der Waals surface area contributed by atoms with E-state index in [1.807, 2.05) is 4.90 Å². The van der Waals surface area contributed by atoms with Gasteiger partial charge in [0.25, 0.3) is 0 Å². The lowest BCUT2D eigenvalue weighted by Crippen LogP contribution is -3.10. The zero-order valence-electron chi connectivity index (χ0n) is 32.4. The molecule has 0 aromatic carbocycles. The van der Waals surface area contributed by atoms with E-state index in [-0.39, 0.29) is 17.0 Å². The van der Waals surface area contributed by atoms with Crippen molar-refractivity contribution in [1.29, 1.82) is 0 Å². The largest absolute Gasteiger partial charge is 1.00 e. The fourth-order valence-corrected chi connectivity index (χ4v) is 8.11. The van der Waals surface area contributed by atoms with Gasteiger partial charge in [0.1, 0.15) is 0 Å². The lowest BCUT2D eigenvalue weighted by molar-refractivity contribution is -0.889. The zero-order chi connectivity index (χ0) is 32.1. The summed E-state index contributed by atoms with van der Waals surface area (Å²) in [4.78, 5) is 1.94. The standard InChI is InChI=1S/C44H89N.BrH/c1-3-5-7-9-11-13-15-17-19-21-23-25-27-29-31-33-35-37-39-44-40-42-45(43-44)41-38-36-34-32-30-28-26-24-22-20-18-16-14-12-10-8-6-4-2;/h44H,3-43H2,1-2H3;1H. The molecule has 0 radical (unpaired) electrons. The maximum atomic E-state index is 2.31. The summed E-state index contributed by atoms with van der Waals surface area (Å²) in [6, 6.07) is 0. The number of quaternary nitrogens is 1. The first kappa shape index (κ1) is 46.4. The first-order valence-corrected chi connectivity index (χ1v) is 22.2. The van der Waals surface area contributed by atoms with Crippen molar-refractivity contribution in [3.05, 3.63) is 0 Å². The number of unbranched alkanes of at least 4 members (excludes halogenated alkanes) is 34. The molecule has 1 aliphatic heterocycles. The van der Waals surface area contributed by atoms with Gasteiger partial charge in [0, 0.05) is 12.3 Å². The lowest BCUT2D eigenvalue weighted by atomic mass is 9.99. The van der Waals surface area contributed by atoms with Gasteiger partial charge >= 0.3 is 0 Å². The van der Waals surface area contributed by atoms with Gasteiger partial charge in [-0.05, 0) is 19.3 Å². The predicted octanol–water partition coefficient (Wildman–Crippen LogP) is 11.4. The van der Waals surface area contributed by atoms with Crippen LogP contribution in [0.5, 0.6) is 0 Å². The maximum Gasteiger partial charge on any atom is 0.0801 e. The van der Waals surface area contributed by atoms with Gasteiger partial charge in [-0.3, -0.25) is 0 Å². The van der Waals surface area contributed by atoms with E-state index in [0.717, 1.165) is 5.92 Å². The molecule has 2 heteroatoms. The van der Waals surface area contributed by atoms with Gasteiger partial charge in [0.05, 0.1) is 19.6 Å². The van der Waals surface area contributed by atoms with E-state index < -0.39 is 0 Å². The van der Waals surface area contributed by atoms with Crippen LogP contribution in [0.25, 0.3) is 0 Å². The topological polar surface area (TPSA) is 4.44 Å². The first-order chi connectivity index (χ1) is 22.4. The summed E-state index contributed by atoms with van der Waals surface area (Å²) in [6.45, 7) is 9.06. The zero-order valence-corrected chi connectivity index (χ0v) is 34.0. The van der Waals surface area contributed by atoms with Crippen LogP contribution in [-0.2, 0) is 0 Å². The Kier molecular flexibility index (Phi) is 40.3. The summed E-state index contributed by atoms with van der Waals surface area (Å²) >= 11 is 0. The molecule has 1 aliphatic rings. The summed E-state index contributed by atoms with van der Waals surface area (Å²) in [7, 11) is 0. The summed E-state index contributed by atoms with van der Waals surface area (Å²) < 4.78 is 0. The molecule has 1 N–H and O–H groups in total. The van der Waals surface area contributed by atoms with Crippen LogP contribution >= 0.6 is 0 Å². The van der Waals surface area contributed by atoms with Crippen molar-refractivity contribution in [3.63, 3.8) is 0 Å². The molecule has 2 unspecified atom stereocenters. The average molecular weight is 713 g/mol. The molecular weight excluding hydrogens is 622 g/mol. The quantitative estimate of drug-likeness (QED) is 0.0608. The average Bonchev–Trinajstić information content (AvgIpc) is 3.51. The van der Waals surface area contributed by atoms with Crippen LogP contribution in [0, 0.1) is 5.92 Å². The number of hydrogen-bond acceptors (Lipinski definition) is 0. The van der Waals surface area contributed by atoms with E-state index in [1.54, 1.807) is 0 Å². The van der Waals surface area contributed by atoms with Gasteiger partial charge < -0.3 is 21.9 Å². The monoisotopic (exact) mass is 712 g/mol. The molecule has 0 saturated carbocycles. The van der Waals surface area contributed by atoms with Gasteiger partial charge in [0.2, 0.25) is 0 Å². The smallest absolute Gasteiger partial charge is 0.0801 e. The van der Waals surface area contributed by atoms with Crippen molar-refractivity contribution < 1.29 is 21.9 Å². The molecule has 0 amide bonds. The molecule has 278 valence electrons. The Morgan fingerprint density at radius 1 is 0.348 bits per heavy atom. The molecule has 46 heavy (non-hydrogen) atoms. The van der Waals surface area contributed by atoms with E-state index in [4.69, 9.17) is 0 Å². The van der Waals surface area contributed by atoms with Crippen LogP contribution in [0.1, 0.15) is 258 Å². The minimum absolute atomic E-state index is 0. The van der Waals surface area contributed by atoms with Gasteiger partial charge in [-0.25, -0.2) is 0 Å². The van der Waals surface area contributed by atoms with E-state index in [1.165, 1.54) is 264 Å². The van der Waals surface area contributed by atoms with Crippen LogP contribution in [0.3, 0.4) is 0 Å². The summed E-state index contributed by atoms with van der Waals surface area (Å²) in [6.07, 6.45) is 56.4. The number of rotatable bonds is 38. The SMILES string of the molecule is CCCCCCCCCCCCCCCCCCCCC1CC[NH+](CCCCCCCCCCCCCCCCCCCC)C1.[Br-]. The molecule has 1 rings (SSSR count). The normalized spacial score (nSPS) is 16.3. The van der Waals surface area contributed by atoms with E-state index in [9.17, 15) is 0 Å². The summed E-state index contributed by atoms with van der Waals surface area (Å²) in [5.41, 5.74) is 0. The summed E-state index contributed by atoms with van der Waals surface area (Å²) in [5, 5.41) is 0. The Balaban J connectivity index is 0.0000202. The van der Waals surface area contributed by atoms with E-state index in [2.05, 4.69) is 13.8 Å². The Labute approximate surface area is 304 Å². The van der Waals surface area contributed by atoms with Crippen LogP contribution in [0.4, 0.5) is 0 Å². The molecule has 1 saturated heterocycles. The van der Waals surface area contributed by atoms with Gasteiger partial charge in [-0.15, -0.1) is 0 Å². The third-order valence-electron chi connectivity index (χ3n) is 11.3. The fraction of sp³-hybridized carbons (Fsp3) is 1.00. The third kappa shape index (κ3) is 34.3. The Bertz CT molecular complexity index is 490. The highest BCUT2D eigenvalue weighted by Gasteiger charge is 2.24. The van der Waals surface area contributed by atoms with Crippen molar-refractivity contribution in [2.45, 2.75) is 258 Å². The van der Waals surface area contributed by atoms with Crippen molar-refractivity contribution in [2.24, 2.45) is 5.92 Å². The Morgan fingerprint density at radius 2 is 0.609 bits per heavy atom. The molecule has 0 aliphatic carbocycles. The number of halogens is 1. The molecule has 1 fully saturated rings.